The Balaban J connectivity index is 2.97. The molecule has 0 radical (unpaired) electrons. The Bertz CT molecular complexity index is 337. The van der Waals surface area contributed by atoms with Crippen molar-refractivity contribution in [3.63, 3.8) is 0 Å². The average Bonchev–Trinajstić information content (AvgIpc) is 2.37. The van der Waals surface area contributed by atoms with Crippen LogP contribution in [0, 0.1) is 18.4 Å². The predicted octanol–water partition coefficient (Wildman–Crippen LogP) is 0.817. The zero-order valence-corrected chi connectivity index (χ0v) is 6.74. The summed E-state index contributed by atoms with van der Waals surface area (Å²) in [6.45, 7) is 2.97. The van der Waals surface area contributed by atoms with E-state index in [0.29, 0.717) is 5.76 Å². The van der Waals surface area contributed by atoms with Crippen molar-refractivity contribution >= 4 is 11.7 Å². The van der Waals surface area contributed by atoms with Gasteiger partial charge in [0.25, 0.3) is 0 Å². The Morgan fingerprint density at radius 1 is 1.83 bits per heavy atom. The Morgan fingerprint density at radius 2 is 2.50 bits per heavy atom. The number of nitriles is 1. The first-order valence-corrected chi connectivity index (χ1v) is 3.29. The minimum absolute atomic E-state index is 0.225. The Kier molecular flexibility index (Phi) is 2.10. The van der Waals surface area contributed by atoms with Gasteiger partial charge in [0.2, 0.25) is 5.91 Å². The molecule has 0 aromatic carbocycles. The number of carbonyl (C=O) groups excluding carboxylic acids is 1. The van der Waals surface area contributed by atoms with Crippen LogP contribution in [0.5, 0.6) is 0 Å². The van der Waals surface area contributed by atoms with Gasteiger partial charge in [0.05, 0.1) is 0 Å². The van der Waals surface area contributed by atoms with E-state index >= 15 is 0 Å². The summed E-state index contributed by atoms with van der Waals surface area (Å²) in [4.78, 5) is 11.7. The van der Waals surface area contributed by atoms with Gasteiger partial charge in [-0.3, -0.25) is 4.79 Å². The van der Waals surface area contributed by atoms with Crippen LogP contribution in [0.1, 0.15) is 12.7 Å². The van der Waals surface area contributed by atoms with E-state index in [4.69, 9.17) is 9.78 Å². The third kappa shape index (κ3) is 1.42. The second-order valence-corrected chi connectivity index (χ2v) is 2.25. The molecule has 0 fully saturated rings. The maximum absolute atomic E-state index is 10.8. The smallest absolute Gasteiger partial charge is 0.238 e. The summed E-state index contributed by atoms with van der Waals surface area (Å²) in [6, 6.07) is 1.52. The minimum atomic E-state index is -0.384. The molecular formula is C7H7N3O2. The lowest BCUT2D eigenvalue weighted by molar-refractivity contribution is -0.115. The average molecular weight is 165 g/mol. The van der Waals surface area contributed by atoms with E-state index in [2.05, 4.69) is 5.16 Å². The molecule has 0 aliphatic rings. The van der Waals surface area contributed by atoms with Crippen LogP contribution in [0.15, 0.2) is 10.6 Å². The molecule has 1 aromatic rings. The summed E-state index contributed by atoms with van der Waals surface area (Å²) >= 11 is 0. The van der Waals surface area contributed by atoms with Gasteiger partial charge in [0, 0.05) is 13.0 Å². The topological polar surface area (TPSA) is 70.1 Å². The van der Waals surface area contributed by atoms with Gasteiger partial charge in [-0.15, -0.1) is 0 Å². The van der Waals surface area contributed by atoms with E-state index in [0.717, 1.165) is 4.90 Å². The highest BCUT2D eigenvalue weighted by Gasteiger charge is 2.13. The molecule has 1 amide bonds. The predicted molar refractivity (Wildman–Crippen MR) is 40.0 cm³/mol. The van der Waals surface area contributed by atoms with Gasteiger partial charge in [-0.1, -0.05) is 5.16 Å². The fraction of sp³-hybridized carbons (Fsp3) is 0.286. The third-order valence-corrected chi connectivity index (χ3v) is 1.26. The lowest BCUT2D eigenvalue weighted by Gasteiger charge is -2.03. The maximum Gasteiger partial charge on any atom is 0.238 e. The number of aryl methyl sites for hydroxylation is 1. The van der Waals surface area contributed by atoms with Crippen LogP contribution in [0.4, 0.5) is 5.82 Å². The van der Waals surface area contributed by atoms with Crippen molar-refractivity contribution < 1.29 is 9.32 Å². The molecule has 0 aliphatic carbocycles. The molecule has 5 nitrogen and oxygen atoms in total. The molecule has 0 atom stereocenters. The molecule has 62 valence electrons. The van der Waals surface area contributed by atoms with Crippen molar-refractivity contribution in [1.29, 1.82) is 5.26 Å². The molecule has 5 heteroatoms. The van der Waals surface area contributed by atoms with E-state index in [1.165, 1.54) is 13.0 Å². The Morgan fingerprint density at radius 3 is 2.83 bits per heavy atom. The monoisotopic (exact) mass is 165 g/mol. The van der Waals surface area contributed by atoms with Crippen molar-refractivity contribution in [2.24, 2.45) is 0 Å². The van der Waals surface area contributed by atoms with Crippen LogP contribution in [-0.4, -0.2) is 11.1 Å². The first-order valence-electron chi connectivity index (χ1n) is 3.29. The first kappa shape index (κ1) is 8.27. The molecule has 0 spiro atoms. The van der Waals surface area contributed by atoms with E-state index < -0.39 is 0 Å². The van der Waals surface area contributed by atoms with Crippen LogP contribution >= 0.6 is 0 Å². The second-order valence-electron chi connectivity index (χ2n) is 2.25. The summed E-state index contributed by atoms with van der Waals surface area (Å²) in [6.07, 6.45) is 1.69. The molecular weight excluding hydrogens is 158 g/mol. The van der Waals surface area contributed by atoms with E-state index in [-0.39, 0.29) is 11.7 Å². The Labute approximate surface area is 69.2 Å². The SMILES string of the molecule is CC(=O)N(C#N)c1cc(C)on1. The lowest BCUT2D eigenvalue weighted by atomic mass is 10.4. The van der Waals surface area contributed by atoms with Crippen LogP contribution in [0.2, 0.25) is 0 Å². The number of anilines is 1. The second kappa shape index (κ2) is 3.05. The minimum Gasteiger partial charge on any atom is -0.360 e. The summed E-state index contributed by atoms with van der Waals surface area (Å²) in [5.74, 6) is 0.403. The molecule has 12 heavy (non-hydrogen) atoms. The number of rotatable bonds is 1. The number of amides is 1. The largest absolute Gasteiger partial charge is 0.360 e. The molecule has 0 aliphatic heterocycles. The molecule has 1 heterocycles. The first-order chi connectivity index (χ1) is 5.65. The molecule has 0 bridgehead atoms. The highest BCUT2D eigenvalue weighted by atomic mass is 16.5. The van der Waals surface area contributed by atoms with Gasteiger partial charge in [0.15, 0.2) is 12.0 Å². The number of nitrogens with zero attached hydrogens (tertiary/aromatic N) is 3. The highest BCUT2D eigenvalue weighted by Crippen LogP contribution is 2.12. The molecule has 0 unspecified atom stereocenters. The third-order valence-electron chi connectivity index (χ3n) is 1.26. The zero-order chi connectivity index (χ0) is 9.14. The zero-order valence-electron chi connectivity index (χ0n) is 6.74. The van der Waals surface area contributed by atoms with Gasteiger partial charge < -0.3 is 4.52 Å². The van der Waals surface area contributed by atoms with Crippen molar-refractivity contribution in [3.8, 4) is 6.19 Å². The van der Waals surface area contributed by atoms with Gasteiger partial charge in [-0.05, 0) is 6.92 Å². The normalized spacial score (nSPS) is 9.08. The number of carbonyl (C=O) groups is 1. The Hall–Kier alpha value is -1.83. The molecule has 0 N–H and O–H groups in total. The van der Waals surface area contributed by atoms with Crippen LogP contribution < -0.4 is 4.90 Å². The van der Waals surface area contributed by atoms with Crippen molar-refractivity contribution in [1.82, 2.24) is 5.16 Å². The molecule has 1 aromatic heterocycles. The maximum atomic E-state index is 10.8. The molecule has 0 saturated heterocycles. The van der Waals surface area contributed by atoms with Crippen LogP contribution in [0.25, 0.3) is 0 Å². The number of hydrogen-bond acceptors (Lipinski definition) is 4. The summed E-state index contributed by atoms with van der Waals surface area (Å²) in [5.41, 5.74) is 0. The van der Waals surface area contributed by atoms with Crippen molar-refractivity contribution in [3.05, 3.63) is 11.8 Å². The van der Waals surface area contributed by atoms with Gasteiger partial charge in [-0.25, -0.2) is 0 Å². The van der Waals surface area contributed by atoms with E-state index in [1.807, 2.05) is 0 Å². The van der Waals surface area contributed by atoms with Gasteiger partial charge in [0.1, 0.15) is 5.76 Å². The summed E-state index contributed by atoms with van der Waals surface area (Å²) in [5, 5.41) is 12.0. The lowest BCUT2D eigenvalue weighted by Crippen LogP contribution is -2.22. The van der Waals surface area contributed by atoms with E-state index in [9.17, 15) is 4.79 Å². The van der Waals surface area contributed by atoms with Crippen molar-refractivity contribution in [2.45, 2.75) is 13.8 Å². The molecule has 1 rings (SSSR count). The number of hydrogen-bond donors (Lipinski definition) is 0. The summed E-state index contributed by atoms with van der Waals surface area (Å²) < 4.78 is 4.70. The fourth-order valence-electron chi connectivity index (χ4n) is 0.742. The van der Waals surface area contributed by atoms with Crippen LogP contribution in [0.3, 0.4) is 0 Å². The number of aromatic nitrogens is 1. The van der Waals surface area contributed by atoms with Gasteiger partial charge >= 0.3 is 0 Å². The fourth-order valence-corrected chi connectivity index (χ4v) is 0.742. The van der Waals surface area contributed by atoms with Crippen LogP contribution in [-0.2, 0) is 4.79 Å². The highest BCUT2D eigenvalue weighted by molar-refractivity contribution is 5.93. The van der Waals surface area contributed by atoms with Crippen molar-refractivity contribution in [2.75, 3.05) is 4.90 Å². The summed E-state index contributed by atoms with van der Waals surface area (Å²) in [7, 11) is 0. The quantitative estimate of drug-likeness (QED) is 0.456. The molecule has 0 saturated carbocycles. The van der Waals surface area contributed by atoms with E-state index in [1.54, 1.807) is 13.1 Å². The van der Waals surface area contributed by atoms with Gasteiger partial charge in [-0.2, -0.15) is 10.2 Å². The standard InChI is InChI=1S/C7H7N3O2/c1-5-3-7(9-12-5)10(4-8)6(2)11/h3H,1-2H3.